The van der Waals surface area contributed by atoms with Crippen molar-refractivity contribution in [2.75, 3.05) is 41.4 Å². The number of nitrogens with zero attached hydrogens (tertiary/aromatic N) is 4. The molecule has 1 aliphatic heterocycles. The van der Waals surface area contributed by atoms with E-state index in [1.54, 1.807) is 24.0 Å². The number of hydrogen-bond donors (Lipinski definition) is 1. The van der Waals surface area contributed by atoms with Gasteiger partial charge in [-0.15, -0.1) is 0 Å². The lowest BCUT2D eigenvalue weighted by molar-refractivity contribution is -0.154. The van der Waals surface area contributed by atoms with Gasteiger partial charge in [-0.25, -0.2) is 8.42 Å². The molecule has 1 saturated heterocycles. The fraction of sp³-hybridized carbons (Fsp3) is 0.533. The van der Waals surface area contributed by atoms with Crippen LogP contribution >= 0.6 is 0 Å². The van der Waals surface area contributed by atoms with Crippen molar-refractivity contribution < 1.29 is 30.7 Å². The summed E-state index contributed by atoms with van der Waals surface area (Å²) in [5.41, 5.74) is 0. The molecule has 2 aromatic heterocycles. The number of sulfone groups is 1. The number of aryl methyl sites for hydroxylation is 1. The summed E-state index contributed by atoms with van der Waals surface area (Å²) in [6.07, 6.45) is -4.55. The van der Waals surface area contributed by atoms with Gasteiger partial charge in [-0.2, -0.15) is 28.1 Å². The number of halogens is 3. The third kappa shape index (κ3) is 5.71. The first-order valence-corrected chi connectivity index (χ1v) is 10.1. The van der Waals surface area contributed by atoms with Crippen LogP contribution in [-0.4, -0.2) is 60.7 Å². The Balaban J connectivity index is 1.79. The largest absolute Gasteiger partial charge is 0.465 e. The molecule has 9 nitrogen and oxygen atoms in total. The molecule has 1 fully saturated rings. The van der Waals surface area contributed by atoms with Gasteiger partial charge in [0.1, 0.15) is 11.5 Å². The molecule has 28 heavy (non-hydrogen) atoms. The minimum absolute atomic E-state index is 0.00958. The van der Waals surface area contributed by atoms with Crippen LogP contribution in [0.4, 0.5) is 25.1 Å². The molecule has 1 N–H and O–H groups in total. The number of anilines is 2. The molecular weight excluding hydrogens is 403 g/mol. The molecule has 0 saturated carbocycles. The fourth-order valence-corrected chi connectivity index (χ4v) is 3.64. The minimum atomic E-state index is -4.55. The molecule has 0 amide bonds. The van der Waals surface area contributed by atoms with E-state index < -0.39 is 28.6 Å². The highest BCUT2D eigenvalue weighted by atomic mass is 32.2. The van der Waals surface area contributed by atoms with Crippen LogP contribution in [0.15, 0.2) is 16.5 Å². The van der Waals surface area contributed by atoms with Crippen molar-refractivity contribution in [1.29, 1.82) is 0 Å². The van der Waals surface area contributed by atoms with Crippen LogP contribution in [0, 0.1) is 6.92 Å². The van der Waals surface area contributed by atoms with Crippen molar-refractivity contribution >= 4 is 21.7 Å². The molecular formula is C15H18F3N5O4S. The maximum Gasteiger partial charge on any atom is 0.422 e. The van der Waals surface area contributed by atoms with Crippen LogP contribution in [0.3, 0.4) is 0 Å². The van der Waals surface area contributed by atoms with Gasteiger partial charge in [0, 0.05) is 13.1 Å². The van der Waals surface area contributed by atoms with E-state index in [9.17, 15) is 21.6 Å². The molecule has 0 unspecified atom stereocenters. The molecule has 0 aliphatic carbocycles. The quantitative estimate of drug-likeness (QED) is 0.743. The Kier molecular flexibility index (Phi) is 5.63. The van der Waals surface area contributed by atoms with E-state index >= 15 is 0 Å². The van der Waals surface area contributed by atoms with Gasteiger partial charge >= 0.3 is 12.2 Å². The van der Waals surface area contributed by atoms with E-state index in [1.165, 1.54) is 0 Å². The normalized spacial score (nSPS) is 16.8. The van der Waals surface area contributed by atoms with E-state index in [4.69, 9.17) is 4.42 Å². The van der Waals surface area contributed by atoms with Crippen LogP contribution in [0.25, 0.3) is 0 Å². The standard InChI is InChI=1S/C15H18F3N5O4S/c1-10-2-3-11(27-10)8-19-12-20-13(23-4-6-28(24,25)7-5-23)22-14(21-12)26-9-15(16,17)18/h2-3H,4-9H2,1H3,(H,19,20,21,22). The molecule has 0 atom stereocenters. The average molecular weight is 421 g/mol. The zero-order chi connectivity index (χ0) is 20.4. The predicted molar refractivity (Wildman–Crippen MR) is 93.0 cm³/mol. The lowest BCUT2D eigenvalue weighted by Gasteiger charge is -2.26. The van der Waals surface area contributed by atoms with Gasteiger partial charge < -0.3 is 19.4 Å². The van der Waals surface area contributed by atoms with E-state index in [1.807, 2.05) is 0 Å². The number of rotatable bonds is 6. The van der Waals surface area contributed by atoms with Crippen LogP contribution in [0.1, 0.15) is 11.5 Å². The van der Waals surface area contributed by atoms with Gasteiger partial charge in [-0.05, 0) is 19.1 Å². The summed E-state index contributed by atoms with van der Waals surface area (Å²) >= 11 is 0. The number of nitrogens with one attached hydrogen (secondary N) is 1. The second-order valence-electron chi connectivity index (χ2n) is 6.15. The summed E-state index contributed by atoms with van der Waals surface area (Å²) in [7, 11) is -3.14. The van der Waals surface area contributed by atoms with Crippen LogP contribution < -0.4 is 15.0 Å². The summed E-state index contributed by atoms with van der Waals surface area (Å²) in [4.78, 5) is 13.5. The molecule has 1 aliphatic rings. The van der Waals surface area contributed by atoms with E-state index in [0.717, 1.165) is 0 Å². The highest BCUT2D eigenvalue weighted by Gasteiger charge is 2.30. The summed E-state index contributed by atoms with van der Waals surface area (Å²) < 4.78 is 70.6. The topological polar surface area (TPSA) is 110 Å². The Morgan fingerprint density at radius 3 is 2.54 bits per heavy atom. The lowest BCUT2D eigenvalue weighted by Crippen LogP contribution is -2.41. The van der Waals surface area contributed by atoms with Gasteiger partial charge in [0.05, 0.1) is 18.1 Å². The van der Waals surface area contributed by atoms with Crippen molar-refractivity contribution in [3.8, 4) is 6.01 Å². The Morgan fingerprint density at radius 2 is 1.93 bits per heavy atom. The molecule has 154 valence electrons. The third-order valence-corrected chi connectivity index (χ3v) is 5.42. The van der Waals surface area contributed by atoms with Gasteiger partial charge in [-0.3, -0.25) is 0 Å². The smallest absolute Gasteiger partial charge is 0.422 e. The van der Waals surface area contributed by atoms with Crippen LogP contribution in [0.5, 0.6) is 6.01 Å². The maximum absolute atomic E-state index is 12.5. The molecule has 2 aromatic rings. The van der Waals surface area contributed by atoms with Crippen molar-refractivity contribution in [3.05, 3.63) is 23.7 Å². The maximum atomic E-state index is 12.5. The monoisotopic (exact) mass is 421 g/mol. The van der Waals surface area contributed by atoms with Gasteiger partial charge in [0.25, 0.3) is 0 Å². The first-order valence-electron chi connectivity index (χ1n) is 8.30. The zero-order valence-corrected chi connectivity index (χ0v) is 15.7. The first kappa shape index (κ1) is 20.2. The molecule has 13 heteroatoms. The molecule has 0 radical (unpaired) electrons. The Bertz CT molecular complexity index is 918. The second-order valence-corrected chi connectivity index (χ2v) is 8.45. The van der Waals surface area contributed by atoms with Crippen LogP contribution in [0.2, 0.25) is 0 Å². The molecule has 3 heterocycles. The predicted octanol–water partition coefficient (Wildman–Crippen LogP) is 1.56. The van der Waals surface area contributed by atoms with Crippen LogP contribution in [-0.2, 0) is 16.4 Å². The summed E-state index contributed by atoms with van der Waals surface area (Å²) in [6.45, 7) is 0.674. The number of aromatic nitrogens is 3. The fourth-order valence-electron chi connectivity index (χ4n) is 2.44. The van der Waals surface area contributed by atoms with Crippen molar-refractivity contribution in [1.82, 2.24) is 15.0 Å². The van der Waals surface area contributed by atoms with E-state index in [-0.39, 0.29) is 43.0 Å². The van der Waals surface area contributed by atoms with Crippen molar-refractivity contribution in [2.24, 2.45) is 0 Å². The Morgan fingerprint density at radius 1 is 1.21 bits per heavy atom. The highest BCUT2D eigenvalue weighted by Crippen LogP contribution is 2.21. The van der Waals surface area contributed by atoms with Crippen molar-refractivity contribution in [3.63, 3.8) is 0 Å². The lowest BCUT2D eigenvalue weighted by atomic mass is 10.4. The summed E-state index contributed by atoms with van der Waals surface area (Å²) in [6, 6.07) is 3.00. The minimum Gasteiger partial charge on any atom is -0.465 e. The van der Waals surface area contributed by atoms with Crippen molar-refractivity contribution in [2.45, 2.75) is 19.6 Å². The molecule has 0 bridgehead atoms. The third-order valence-electron chi connectivity index (χ3n) is 3.81. The zero-order valence-electron chi connectivity index (χ0n) is 14.9. The summed E-state index contributed by atoms with van der Waals surface area (Å²) in [5.74, 6) is 1.14. The number of hydrogen-bond acceptors (Lipinski definition) is 9. The van der Waals surface area contributed by atoms with E-state index in [0.29, 0.717) is 11.5 Å². The van der Waals surface area contributed by atoms with Gasteiger partial charge in [0.15, 0.2) is 16.4 Å². The average Bonchev–Trinajstić information content (AvgIpc) is 3.03. The summed E-state index contributed by atoms with van der Waals surface area (Å²) in [5, 5.41) is 2.85. The number of alkyl halides is 3. The SMILES string of the molecule is Cc1ccc(CNc2nc(OCC(F)(F)F)nc(N3CCS(=O)(=O)CC3)n2)o1. The molecule has 0 aromatic carbocycles. The Labute approximate surface area is 158 Å². The van der Waals surface area contributed by atoms with Gasteiger partial charge in [-0.1, -0.05) is 0 Å². The van der Waals surface area contributed by atoms with Gasteiger partial charge in [0.2, 0.25) is 11.9 Å². The molecule has 3 rings (SSSR count). The number of ether oxygens (including phenoxy) is 1. The Hall–Kier alpha value is -2.57. The first-order chi connectivity index (χ1) is 13.1. The van der Waals surface area contributed by atoms with E-state index in [2.05, 4.69) is 25.0 Å². The second kappa shape index (κ2) is 7.81. The number of furan rings is 1. The molecule has 0 spiro atoms. The highest BCUT2D eigenvalue weighted by molar-refractivity contribution is 7.91.